The van der Waals surface area contributed by atoms with Gasteiger partial charge >= 0.3 is 0 Å². The Bertz CT molecular complexity index is 826. The maximum Gasteiger partial charge on any atom is 0.119 e. The van der Waals surface area contributed by atoms with Crippen LogP contribution in [0.15, 0.2) is 24.4 Å². The standard InChI is InChI=1S/C16H17N3O/c1-18-14-6-4-10(20-3)8-12(14)11-5-7-15-13(16(11)18)9-17-19(15)2/h4,6,8-9H,5,7H2,1-3H3. The molecule has 1 aliphatic carbocycles. The van der Waals surface area contributed by atoms with Crippen LogP contribution < -0.4 is 4.74 Å². The van der Waals surface area contributed by atoms with Crippen molar-refractivity contribution >= 4 is 10.9 Å². The number of ether oxygens (including phenoxy) is 1. The fourth-order valence-corrected chi connectivity index (χ4v) is 3.42. The summed E-state index contributed by atoms with van der Waals surface area (Å²) in [6, 6.07) is 6.32. The zero-order valence-electron chi connectivity index (χ0n) is 12.0. The Morgan fingerprint density at radius 2 is 2.05 bits per heavy atom. The van der Waals surface area contributed by atoms with E-state index in [-0.39, 0.29) is 0 Å². The van der Waals surface area contributed by atoms with Crippen LogP contribution in [0.2, 0.25) is 0 Å². The normalized spacial score (nSPS) is 13.3. The molecule has 0 saturated heterocycles. The van der Waals surface area contributed by atoms with Crippen molar-refractivity contribution in [3.8, 4) is 17.0 Å². The van der Waals surface area contributed by atoms with E-state index in [1.807, 2.05) is 24.0 Å². The first-order valence-corrected chi connectivity index (χ1v) is 6.87. The van der Waals surface area contributed by atoms with Crippen molar-refractivity contribution < 1.29 is 4.74 Å². The van der Waals surface area contributed by atoms with E-state index in [4.69, 9.17) is 4.74 Å². The number of aromatic nitrogens is 3. The monoisotopic (exact) mass is 267 g/mol. The lowest BCUT2D eigenvalue weighted by atomic mass is 9.94. The molecule has 0 radical (unpaired) electrons. The summed E-state index contributed by atoms with van der Waals surface area (Å²) < 4.78 is 9.65. The second-order valence-corrected chi connectivity index (χ2v) is 5.40. The minimum absolute atomic E-state index is 0.919. The van der Waals surface area contributed by atoms with Crippen LogP contribution in [0.1, 0.15) is 11.3 Å². The first-order chi connectivity index (χ1) is 9.70. The van der Waals surface area contributed by atoms with Gasteiger partial charge in [0.2, 0.25) is 0 Å². The topological polar surface area (TPSA) is 32.0 Å². The van der Waals surface area contributed by atoms with Gasteiger partial charge < -0.3 is 9.30 Å². The fourth-order valence-electron chi connectivity index (χ4n) is 3.42. The van der Waals surface area contributed by atoms with Gasteiger partial charge in [-0.15, -0.1) is 0 Å². The second-order valence-electron chi connectivity index (χ2n) is 5.40. The van der Waals surface area contributed by atoms with Gasteiger partial charge in [-0.2, -0.15) is 5.10 Å². The summed E-state index contributed by atoms with van der Waals surface area (Å²) >= 11 is 0. The Kier molecular flexibility index (Phi) is 2.25. The van der Waals surface area contributed by atoms with Crippen LogP contribution in [0.3, 0.4) is 0 Å². The summed E-state index contributed by atoms with van der Waals surface area (Å²) in [5.41, 5.74) is 6.58. The maximum atomic E-state index is 5.37. The lowest BCUT2D eigenvalue weighted by molar-refractivity contribution is 0.415. The molecule has 0 saturated carbocycles. The molecule has 0 fully saturated rings. The Morgan fingerprint density at radius 3 is 2.85 bits per heavy atom. The van der Waals surface area contributed by atoms with E-state index in [1.165, 1.54) is 33.4 Å². The molecule has 0 unspecified atom stereocenters. The number of hydrogen-bond donors (Lipinski definition) is 0. The molecule has 102 valence electrons. The van der Waals surface area contributed by atoms with Crippen molar-refractivity contribution in [2.24, 2.45) is 14.1 Å². The first kappa shape index (κ1) is 11.6. The highest BCUT2D eigenvalue weighted by molar-refractivity contribution is 5.93. The molecule has 1 aliphatic rings. The SMILES string of the molecule is COc1ccc2c(c1)c1c(n2C)-c2cnn(C)c2CC1. The lowest BCUT2D eigenvalue weighted by Crippen LogP contribution is -2.08. The molecule has 0 bridgehead atoms. The van der Waals surface area contributed by atoms with Gasteiger partial charge in [0.05, 0.1) is 19.0 Å². The van der Waals surface area contributed by atoms with E-state index >= 15 is 0 Å². The van der Waals surface area contributed by atoms with Crippen molar-refractivity contribution in [3.63, 3.8) is 0 Å². The summed E-state index contributed by atoms with van der Waals surface area (Å²) in [6.07, 6.45) is 4.10. The minimum Gasteiger partial charge on any atom is -0.497 e. The van der Waals surface area contributed by atoms with Gasteiger partial charge in [0.15, 0.2) is 0 Å². The fraction of sp³-hybridized carbons (Fsp3) is 0.312. The van der Waals surface area contributed by atoms with E-state index < -0.39 is 0 Å². The van der Waals surface area contributed by atoms with Crippen LogP contribution in [0.25, 0.3) is 22.2 Å². The Labute approximate surface area is 117 Å². The Morgan fingerprint density at radius 1 is 1.20 bits per heavy atom. The number of fused-ring (bicyclic) bond motifs is 5. The van der Waals surface area contributed by atoms with Crippen molar-refractivity contribution in [1.82, 2.24) is 14.3 Å². The zero-order valence-corrected chi connectivity index (χ0v) is 12.0. The van der Waals surface area contributed by atoms with Gasteiger partial charge in [-0.25, -0.2) is 0 Å². The van der Waals surface area contributed by atoms with Gasteiger partial charge in [-0.3, -0.25) is 4.68 Å². The molecule has 1 aromatic carbocycles. The van der Waals surface area contributed by atoms with Gasteiger partial charge in [-0.05, 0) is 36.6 Å². The minimum atomic E-state index is 0.919. The molecule has 2 aromatic heterocycles. The summed E-state index contributed by atoms with van der Waals surface area (Å²) in [5.74, 6) is 0.919. The molecule has 4 heteroatoms. The summed E-state index contributed by atoms with van der Waals surface area (Å²) in [7, 11) is 5.88. The molecule has 2 heterocycles. The van der Waals surface area contributed by atoms with Crippen LogP contribution in [0.4, 0.5) is 0 Å². The third-order valence-electron chi connectivity index (χ3n) is 4.44. The number of benzene rings is 1. The number of rotatable bonds is 1. The van der Waals surface area contributed by atoms with Crippen molar-refractivity contribution in [1.29, 1.82) is 0 Å². The van der Waals surface area contributed by atoms with E-state index in [9.17, 15) is 0 Å². The smallest absolute Gasteiger partial charge is 0.119 e. The number of nitrogens with zero attached hydrogens (tertiary/aromatic N) is 3. The summed E-state index contributed by atoms with van der Waals surface area (Å²) in [5, 5.41) is 5.72. The largest absolute Gasteiger partial charge is 0.497 e. The predicted octanol–water partition coefficient (Wildman–Crippen LogP) is 2.69. The quantitative estimate of drug-likeness (QED) is 0.679. The molecular weight excluding hydrogens is 250 g/mol. The maximum absolute atomic E-state index is 5.37. The molecule has 0 N–H and O–H groups in total. The van der Waals surface area contributed by atoms with E-state index in [1.54, 1.807) is 7.11 Å². The third-order valence-corrected chi connectivity index (χ3v) is 4.44. The summed E-state index contributed by atoms with van der Waals surface area (Å²) in [6.45, 7) is 0. The molecule has 3 aromatic rings. The van der Waals surface area contributed by atoms with Gasteiger partial charge in [0.1, 0.15) is 5.75 Å². The highest BCUT2D eigenvalue weighted by atomic mass is 16.5. The average Bonchev–Trinajstić information content (AvgIpc) is 2.98. The van der Waals surface area contributed by atoms with E-state index in [0.29, 0.717) is 0 Å². The zero-order chi connectivity index (χ0) is 13.9. The average molecular weight is 267 g/mol. The van der Waals surface area contributed by atoms with Gasteiger partial charge in [0.25, 0.3) is 0 Å². The molecule has 0 aliphatic heterocycles. The van der Waals surface area contributed by atoms with Crippen molar-refractivity contribution in [2.75, 3.05) is 7.11 Å². The lowest BCUT2D eigenvalue weighted by Gasteiger charge is -2.15. The molecular formula is C16H17N3O. The highest BCUT2D eigenvalue weighted by Gasteiger charge is 2.25. The second kappa shape index (κ2) is 3.88. The molecule has 0 amide bonds. The van der Waals surface area contributed by atoms with Crippen LogP contribution in [0, 0.1) is 0 Å². The van der Waals surface area contributed by atoms with Crippen molar-refractivity contribution in [2.45, 2.75) is 12.8 Å². The van der Waals surface area contributed by atoms with Gasteiger partial charge in [0, 0.05) is 36.3 Å². The van der Waals surface area contributed by atoms with Crippen LogP contribution in [0.5, 0.6) is 5.75 Å². The molecule has 20 heavy (non-hydrogen) atoms. The predicted molar refractivity (Wildman–Crippen MR) is 79.1 cm³/mol. The summed E-state index contributed by atoms with van der Waals surface area (Å²) in [4.78, 5) is 0. The van der Waals surface area contributed by atoms with Gasteiger partial charge in [-0.1, -0.05) is 0 Å². The molecule has 4 nitrogen and oxygen atoms in total. The molecule has 0 spiro atoms. The third kappa shape index (κ3) is 1.33. The van der Waals surface area contributed by atoms with Crippen molar-refractivity contribution in [3.05, 3.63) is 35.7 Å². The molecule has 0 atom stereocenters. The highest BCUT2D eigenvalue weighted by Crippen LogP contribution is 2.40. The van der Waals surface area contributed by atoms with Crippen LogP contribution >= 0.6 is 0 Å². The van der Waals surface area contributed by atoms with Crippen LogP contribution in [-0.4, -0.2) is 21.5 Å². The van der Waals surface area contributed by atoms with Crippen LogP contribution in [-0.2, 0) is 26.9 Å². The molecule has 4 rings (SSSR count). The van der Waals surface area contributed by atoms with E-state index in [0.717, 1.165) is 18.6 Å². The Hall–Kier alpha value is -2.23. The van der Waals surface area contributed by atoms with E-state index in [2.05, 4.69) is 28.8 Å². The first-order valence-electron chi connectivity index (χ1n) is 6.87. The number of methoxy groups -OCH3 is 1. The number of aryl methyl sites for hydroxylation is 3. The number of hydrogen-bond acceptors (Lipinski definition) is 2. The Balaban J connectivity index is 2.08.